The molecule has 5 rings (SSSR count). The van der Waals surface area contributed by atoms with Crippen LogP contribution in [0.15, 0.2) is 36.5 Å². The van der Waals surface area contributed by atoms with E-state index < -0.39 is 30.2 Å². The number of nitrogens with zero attached hydrogens (tertiary/aromatic N) is 4. The number of nitrogens with one attached hydrogen (secondary N) is 2. The molecule has 2 aromatic carbocycles. The zero-order chi connectivity index (χ0) is 32.7. The van der Waals surface area contributed by atoms with Gasteiger partial charge in [0, 0.05) is 51.0 Å². The number of imidazole rings is 1. The van der Waals surface area contributed by atoms with E-state index in [2.05, 4.69) is 20.4 Å². The van der Waals surface area contributed by atoms with Gasteiger partial charge in [-0.05, 0) is 43.3 Å². The molecule has 12 nitrogen and oxygen atoms in total. The molecule has 3 amide bonds. The van der Waals surface area contributed by atoms with E-state index in [0.29, 0.717) is 32.7 Å². The highest BCUT2D eigenvalue weighted by molar-refractivity contribution is 6.34. The van der Waals surface area contributed by atoms with Gasteiger partial charge in [-0.25, -0.2) is 13.8 Å². The summed E-state index contributed by atoms with van der Waals surface area (Å²) in [6.07, 6.45) is 2.03. The molecule has 3 N–H and O–H groups in total. The van der Waals surface area contributed by atoms with Crippen LogP contribution in [-0.4, -0.2) is 94.8 Å². The van der Waals surface area contributed by atoms with Crippen molar-refractivity contribution in [1.29, 1.82) is 0 Å². The van der Waals surface area contributed by atoms with Gasteiger partial charge in [-0.1, -0.05) is 11.6 Å². The number of carboxylic acid groups (broad SMARTS) is 1. The number of aromatic nitrogens is 2. The molecule has 1 aromatic heterocycles. The van der Waals surface area contributed by atoms with Gasteiger partial charge in [0.1, 0.15) is 0 Å². The molecule has 0 bridgehead atoms. The minimum atomic E-state index is -1.36. The van der Waals surface area contributed by atoms with E-state index in [1.54, 1.807) is 9.80 Å². The Morgan fingerprint density at radius 2 is 1.82 bits per heavy atom. The second kappa shape index (κ2) is 14.9. The van der Waals surface area contributed by atoms with Crippen molar-refractivity contribution in [3.8, 4) is 17.0 Å². The van der Waals surface area contributed by atoms with E-state index in [4.69, 9.17) is 21.5 Å². The molecule has 2 aliphatic rings. The smallest absolute Gasteiger partial charge is 0.291 e. The molecule has 45 heavy (non-hydrogen) atoms. The molecule has 2 saturated heterocycles. The second-order valence-electron chi connectivity index (χ2n) is 10.1. The molecule has 0 saturated carbocycles. The summed E-state index contributed by atoms with van der Waals surface area (Å²) < 4.78 is 47.0. The number of hydrogen-bond donors (Lipinski definition) is 3. The van der Waals surface area contributed by atoms with Crippen LogP contribution in [0.25, 0.3) is 11.3 Å². The van der Waals surface area contributed by atoms with Crippen molar-refractivity contribution in [2.24, 2.45) is 13.0 Å². The summed E-state index contributed by atoms with van der Waals surface area (Å²) in [4.78, 5) is 54.6. The van der Waals surface area contributed by atoms with Crippen molar-refractivity contribution < 1.29 is 42.2 Å². The Morgan fingerprint density at radius 1 is 1.13 bits per heavy atom. The Morgan fingerprint density at radius 3 is 2.44 bits per heavy atom. The summed E-state index contributed by atoms with van der Waals surface area (Å²) in [6, 6.07) is 6.74. The minimum Gasteiger partial charge on any atom is -0.483 e. The van der Waals surface area contributed by atoms with Crippen LogP contribution < -0.4 is 15.4 Å². The topological polar surface area (TPSA) is 146 Å². The van der Waals surface area contributed by atoms with Gasteiger partial charge in [-0.2, -0.15) is 4.39 Å². The van der Waals surface area contributed by atoms with Crippen molar-refractivity contribution in [1.82, 2.24) is 24.7 Å². The van der Waals surface area contributed by atoms with Crippen molar-refractivity contribution in [3.63, 3.8) is 0 Å². The zero-order valence-corrected chi connectivity index (χ0v) is 24.8. The molecule has 0 unspecified atom stereocenters. The standard InChI is InChI=1S/C28H28ClF3N6O4.CH2O2/c1-36-21(19-4-5-22(42-15-30)24(32)23(19)31)14-34-25(36)26(39)35-17-2-3-18(20(29)12-17)28(41)38-10-8-37(9-11-38)27(40)16-6-7-33-13-16;2-1-3/h2-5,12,14,16,33H,6-11,13,15H2,1H3,(H,35,39);1H,(H,2,3)/t16-;/m1./s1. The maximum Gasteiger partial charge on any atom is 0.291 e. The van der Waals surface area contributed by atoms with Crippen LogP contribution in [0.3, 0.4) is 0 Å². The van der Waals surface area contributed by atoms with Gasteiger partial charge >= 0.3 is 0 Å². The van der Waals surface area contributed by atoms with E-state index in [9.17, 15) is 27.6 Å². The third-order valence-electron chi connectivity index (χ3n) is 7.47. The molecular weight excluding hydrogens is 621 g/mol. The van der Waals surface area contributed by atoms with Gasteiger partial charge < -0.3 is 34.8 Å². The Balaban J connectivity index is 0.00000148. The summed E-state index contributed by atoms with van der Waals surface area (Å²) in [7, 11) is 1.45. The number of piperazine rings is 1. The Hall–Kier alpha value is -4.63. The van der Waals surface area contributed by atoms with Crippen molar-refractivity contribution in [2.45, 2.75) is 6.42 Å². The lowest BCUT2D eigenvalue weighted by atomic mass is 10.1. The molecule has 0 aliphatic carbocycles. The molecule has 0 radical (unpaired) electrons. The van der Waals surface area contributed by atoms with Crippen molar-refractivity contribution >= 4 is 41.5 Å². The third-order valence-corrected chi connectivity index (χ3v) is 7.78. The molecule has 3 aromatic rings. The monoisotopic (exact) mass is 650 g/mol. The van der Waals surface area contributed by atoms with E-state index in [0.717, 1.165) is 19.0 Å². The Bertz CT molecular complexity index is 1570. The highest BCUT2D eigenvalue weighted by atomic mass is 35.5. The van der Waals surface area contributed by atoms with Crippen LogP contribution in [0, 0.1) is 17.6 Å². The maximum absolute atomic E-state index is 14.6. The molecule has 2 fully saturated rings. The number of halogens is 4. The van der Waals surface area contributed by atoms with E-state index in [1.165, 1.54) is 42.1 Å². The van der Waals surface area contributed by atoms with Crippen LogP contribution >= 0.6 is 11.6 Å². The average molecular weight is 651 g/mol. The van der Waals surface area contributed by atoms with E-state index in [1.807, 2.05) is 0 Å². The van der Waals surface area contributed by atoms with Crippen LogP contribution in [0.2, 0.25) is 5.02 Å². The Kier molecular flexibility index (Phi) is 11.0. The summed E-state index contributed by atoms with van der Waals surface area (Å²) >= 11 is 6.42. The minimum absolute atomic E-state index is 0.0130. The van der Waals surface area contributed by atoms with Crippen LogP contribution in [0.4, 0.5) is 18.9 Å². The van der Waals surface area contributed by atoms with Gasteiger partial charge in [0.2, 0.25) is 18.6 Å². The normalized spacial score (nSPS) is 16.1. The number of benzene rings is 2. The maximum atomic E-state index is 14.6. The lowest BCUT2D eigenvalue weighted by molar-refractivity contribution is -0.136. The first kappa shape index (κ1) is 33.3. The van der Waals surface area contributed by atoms with Crippen molar-refractivity contribution in [2.75, 3.05) is 51.4 Å². The summed E-state index contributed by atoms with van der Waals surface area (Å²) in [6.45, 7) is 1.62. The van der Waals surface area contributed by atoms with Crippen molar-refractivity contribution in [3.05, 3.63) is 64.6 Å². The molecular formula is C29H30ClF3N6O6. The predicted octanol–water partition coefficient (Wildman–Crippen LogP) is 3.17. The number of carbonyl (C=O) groups is 4. The molecule has 3 heterocycles. The largest absolute Gasteiger partial charge is 0.483 e. The number of amides is 3. The number of alkyl halides is 1. The molecule has 16 heteroatoms. The van der Waals surface area contributed by atoms with Gasteiger partial charge in [0.25, 0.3) is 18.3 Å². The number of carbonyl (C=O) groups excluding carboxylic acids is 3. The molecule has 1 atom stereocenters. The lowest BCUT2D eigenvalue weighted by Crippen LogP contribution is -2.52. The first-order valence-electron chi connectivity index (χ1n) is 13.8. The summed E-state index contributed by atoms with van der Waals surface area (Å²) in [5.41, 5.74) is 0.450. The molecule has 0 spiro atoms. The zero-order valence-electron chi connectivity index (χ0n) is 24.1. The van der Waals surface area contributed by atoms with Crippen LogP contribution in [0.5, 0.6) is 5.75 Å². The highest BCUT2D eigenvalue weighted by Crippen LogP contribution is 2.30. The SMILES string of the molecule is Cn1c(-c2ccc(OCF)c(F)c2F)cnc1C(=O)Nc1ccc(C(=O)N2CCN(C(=O)[C@@H]3CCNC3)CC2)c(Cl)c1.O=CO. The summed E-state index contributed by atoms with van der Waals surface area (Å²) in [5, 5.41) is 12.8. The van der Waals surface area contributed by atoms with Crippen LogP contribution in [0.1, 0.15) is 27.4 Å². The lowest BCUT2D eigenvalue weighted by Gasteiger charge is -2.36. The third kappa shape index (κ3) is 7.37. The number of ether oxygens (including phenoxy) is 1. The highest BCUT2D eigenvalue weighted by Gasteiger charge is 2.31. The number of hydrogen-bond acceptors (Lipinski definition) is 7. The fourth-order valence-corrected chi connectivity index (χ4v) is 5.41. The summed E-state index contributed by atoms with van der Waals surface area (Å²) in [5.74, 6) is -4.16. The first-order valence-corrected chi connectivity index (χ1v) is 14.1. The van der Waals surface area contributed by atoms with Gasteiger partial charge in [0.15, 0.2) is 17.4 Å². The fraction of sp³-hybridized carbons (Fsp3) is 0.345. The first-order chi connectivity index (χ1) is 21.6. The quantitative estimate of drug-likeness (QED) is 0.331. The second-order valence-corrected chi connectivity index (χ2v) is 10.5. The average Bonchev–Trinajstić information content (AvgIpc) is 3.70. The number of rotatable bonds is 7. The van der Waals surface area contributed by atoms with E-state index in [-0.39, 0.29) is 57.6 Å². The Labute approximate surface area is 260 Å². The number of anilines is 1. The molecule has 240 valence electrons. The molecule has 2 aliphatic heterocycles. The fourth-order valence-electron chi connectivity index (χ4n) is 5.15. The van der Waals surface area contributed by atoms with Gasteiger partial charge in [-0.15, -0.1) is 0 Å². The predicted molar refractivity (Wildman–Crippen MR) is 157 cm³/mol. The van der Waals surface area contributed by atoms with Crippen LogP contribution in [-0.2, 0) is 16.6 Å². The van der Waals surface area contributed by atoms with Gasteiger partial charge in [0.05, 0.1) is 28.4 Å². The van der Waals surface area contributed by atoms with E-state index >= 15 is 0 Å². The van der Waals surface area contributed by atoms with Gasteiger partial charge in [-0.3, -0.25) is 19.2 Å².